The number of carboxylic acid groups (broad SMARTS) is 5. The first-order valence-corrected chi connectivity index (χ1v) is 19.7. The SMILES string of the molecule is CCCCC(CC)C(=O)O.CCCCC(CC)C(=O)O.CCCCC(CC)C(=O)O.CCCCC(CC)C(=O)O.CCCCC(CC)C(=O)O.[SnH2]. The zero-order valence-corrected chi connectivity index (χ0v) is 38.5. The fraction of sp³-hybridized carbons (Fsp3) is 0.875. The summed E-state index contributed by atoms with van der Waals surface area (Å²) in [6.45, 7) is 20.0. The fourth-order valence-electron chi connectivity index (χ4n) is 4.76. The van der Waals surface area contributed by atoms with Gasteiger partial charge in [-0.05, 0) is 64.2 Å². The standard InChI is InChI=1S/5C8H16O2.Sn.2H/c5*1-3-5-6-7(4-2)8(9)10;;;/h5*7H,3-6H2,1-2H3,(H,9,10);;;. The third-order valence-electron chi connectivity index (χ3n) is 8.74. The monoisotopic (exact) mass is 842 g/mol. The second-order valence-corrected chi connectivity index (χ2v) is 12.9. The Kier molecular flexibility index (Phi) is 55.4. The van der Waals surface area contributed by atoms with Gasteiger partial charge in [-0.2, -0.15) is 0 Å². The quantitative estimate of drug-likeness (QED) is 0.0554. The topological polar surface area (TPSA) is 186 Å². The summed E-state index contributed by atoms with van der Waals surface area (Å²) in [7, 11) is 0. The number of rotatable bonds is 25. The molecule has 0 aromatic carbocycles. The van der Waals surface area contributed by atoms with Crippen LogP contribution in [0.1, 0.15) is 198 Å². The molecule has 10 nitrogen and oxygen atoms in total. The molecule has 0 bridgehead atoms. The zero-order valence-electron chi connectivity index (χ0n) is 34.5. The van der Waals surface area contributed by atoms with Gasteiger partial charge in [-0.15, -0.1) is 0 Å². The van der Waals surface area contributed by atoms with Crippen molar-refractivity contribution < 1.29 is 49.5 Å². The number of aliphatic carboxylic acids is 5. The maximum atomic E-state index is 10.4. The van der Waals surface area contributed by atoms with Crippen molar-refractivity contribution in [3.8, 4) is 0 Å². The third-order valence-corrected chi connectivity index (χ3v) is 8.74. The Balaban J connectivity index is -0.000000123. The van der Waals surface area contributed by atoms with Gasteiger partial charge in [-0.1, -0.05) is 133 Å². The van der Waals surface area contributed by atoms with Crippen LogP contribution >= 0.6 is 0 Å². The molecule has 5 unspecified atom stereocenters. The van der Waals surface area contributed by atoms with Crippen molar-refractivity contribution in [1.29, 1.82) is 0 Å². The molecular formula is C40H82O10Sn. The molecular weight excluding hydrogens is 759 g/mol. The van der Waals surface area contributed by atoms with Gasteiger partial charge in [0.25, 0.3) is 0 Å². The fourth-order valence-corrected chi connectivity index (χ4v) is 4.76. The molecule has 0 aromatic rings. The first kappa shape index (κ1) is 61.2. The van der Waals surface area contributed by atoms with Crippen molar-refractivity contribution in [2.45, 2.75) is 198 Å². The van der Waals surface area contributed by atoms with Crippen molar-refractivity contribution in [2.24, 2.45) is 29.6 Å². The molecule has 0 spiro atoms. The molecule has 0 rings (SSSR count). The Morgan fingerprint density at radius 1 is 0.314 bits per heavy atom. The average molecular weight is 842 g/mol. The molecule has 0 aliphatic rings. The van der Waals surface area contributed by atoms with E-state index in [1.807, 2.05) is 34.6 Å². The molecule has 0 saturated heterocycles. The summed E-state index contributed by atoms with van der Waals surface area (Å²) in [5.74, 6) is -3.77. The molecule has 0 amide bonds. The molecule has 5 atom stereocenters. The predicted octanol–water partition coefficient (Wildman–Crippen LogP) is 10.5. The van der Waals surface area contributed by atoms with Crippen LogP contribution in [0.25, 0.3) is 0 Å². The minimum absolute atomic E-state index is 0. The average Bonchev–Trinajstić information content (AvgIpc) is 3.07. The van der Waals surface area contributed by atoms with Crippen LogP contribution in [0.2, 0.25) is 0 Å². The van der Waals surface area contributed by atoms with Crippen LogP contribution in [0.3, 0.4) is 0 Å². The number of hydrogen-bond donors (Lipinski definition) is 5. The van der Waals surface area contributed by atoms with Crippen molar-refractivity contribution in [1.82, 2.24) is 0 Å². The summed E-state index contributed by atoms with van der Waals surface area (Å²) in [6, 6.07) is 0. The summed E-state index contributed by atoms with van der Waals surface area (Å²) < 4.78 is 0. The van der Waals surface area contributed by atoms with E-state index in [1.165, 1.54) is 0 Å². The molecule has 51 heavy (non-hydrogen) atoms. The van der Waals surface area contributed by atoms with Gasteiger partial charge < -0.3 is 25.5 Å². The first-order valence-electron chi connectivity index (χ1n) is 19.7. The Bertz CT molecular complexity index is 655. The van der Waals surface area contributed by atoms with Crippen LogP contribution in [0, 0.1) is 29.6 Å². The van der Waals surface area contributed by atoms with Crippen LogP contribution in [0.5, 0.6) is 0 Å². The summed E-state index contributed by atoms with van der Waals surface area (Å²) in [6.07, 6.45) is 18.6. The Labute approximate surface area is 329 Å². The van der Waals surface area contributed by atoms with Crippen LogP contribution in [0.15, 0.2) is 0 Å². The second-order valence-electron chi connectivity index (χ2n) is 12.9. The van der Waals surface area contributed by atoms with E-state index in [2.05, 4.69) is 34.6 Å². The van der Waals surface area contributed by atoms with Gasteiger partial charge in [0.15, 0.2) is 0 Å². The Morgan fingerprint density at radius 2 is 0.431 bits per heavy atom. The Morgan fingerprint density at radius 3 is 0.490 bits per heavy atom. The van der Waals surface area contributed by atoms with Gasteiger partial charge in [0.1, 0.15) is 0 Å². The molecule has 0 fully saturated rings. The van der Waals surface area contributed by atoms with E-state index in [4.69, 9.17) is 25.5 Å². The zero-order chi connectivity index (χ0) is 39.9. The van der Waals surface area contributed by atoms with Crippen LogP contribution in [-0.4, -0.2) is 79.3 Å². The number of carboxylic acids is 5. The van der Waals surface area contributed by atoms with E-state index >= 15 is 0 Å². The van der Waals surface area contributed by atoms with Crippen molar-refractivity contribution in [3.05, 3.63) is 0 Å². The molecule has 0 aliphatic heterocycles. The molecule has 0 aromatic heterocycles. The number of hydrogen-bond acceptors (Lipinski definition) is 5. The van der Waals surface area contributed by atoms with Crippen molar-refractivity contribution >= 4 is 53.8 Å². The minimum atomic E-state index is -0.643. The Hall–Kier alpha value is -1.85. The molecule has 0 aliphatic carbocycles. The van der Waals surface area contributed by atoms with Crippen LogP contribution < -0.4 is 0 Å². The molecule has 0 heterocycles. The maximum absolute atomic E-state index is 10.4. The molecule has 2 radical (unpaired) electrons. The molecule has 11 heteroatoms. The normalized spacial score (nSPS) is 12.7. The summed E-state index contributed by atoms with van der Waals surface area (Å²) in [4.78, 5) is 52.2. The molecule has 0 saturated carbocycles. The van der Waals surface area contributed by atoms with Crippen molar-refractivity contribution in [2.75, 3.05) is 0 Å². The van der Waals surface area contributed by atoms with E-state index in [0.29, 0.717) is 0 Å². The molecule has 306 valence electrons. The summed E-state index contributed by atoms with van der Waals surface area (Å²) in [5.41, 5.74) is 0. The number of carbonyl (C=O) groups is 5. The van der Waals surface area contributed by atoms with E-state index < -0.39 is 29.8 Å². The summed E-state index contributed by atoms with van der Waals surface area (Å²) >= 11 is 0. The molecule has 5 N–H and O–H groups in total. The second kappa shape index (κ2) is 46.2. The van der Waals surface area contributed by atoms with Crippen molar-refractivity contribution in [3.63, 3.8) is 0 Å². The van der Waals surface area contributed by atoms with Crippen LogP contribution in [-0.2, 0) is 24.0 Å². The van der Waals surface area contributed by atoms with E-state index in [0.717, 1.165) is 128 Å². The van der Waals surface area contributed by atoms with Gasteiger partial charge in [0, 0.05) is 0 Å². The van der Waals surface area contributed by atoms with E-state index in [1.54, 1.807) is 0 Å². The predicted molar refractivity (Wildman–Crippen MR) is 213 cm³/mol. The van der Waals surface area contributed by atoms with Gasteiger partial charge in [-0.3, -0.25) is 24.0 Å². The number of unbranched alkanes of at least 4 members (excludes halogenated alkanes) is 5. The van der Waals surface area contributed by atoms with Gasteiger partial charge in [0.2, 0.25) is 0 Å². The van der Waals surface area contributed by atoms with Crippen LogP contribution in [0.4, 0.5) is 0 Å². The summed E-state index contributed by atoms with van der Waals surface area (Å²) in [5, 5.41) is 43.0. The van der Waals surface area contributed by atoms with E-state index in [9.17, 15) is 24.0 Å². The van der Waals surface area contributed by atoms with Gasteiger partial charge in [-0.25, -0.2) is 0 Å². The first-order chi connectivity index (χ1) is 23.6. The third kappa shape index (κ3) is 44.2. The van der Waals surface area contributed by atoms with Gasteiger partial charge >= 0.3 is 53.8 Å². The van der Waals surface area contributed by atoms with E-state index in [-0.39, 0.29) is 53.5 Å². The van der Waals surface area contributed by atoms with Gasteiger partial charge in [0.05, 0.1) is 29.6 Å².